The van der Waals surface area contributed by atoms with Crippen LogP contribution in [0.4, 0.5) is 5.69 Å². The summed E-state index contributed by atoms with van der Waals surface area (Å²) in [5.41, 5.74) is 0.775. The maximum Gasteiger partial charge on any atom is 0.238 e. The molecule has 0 bridgehead atoms. The molecule has 1 fully saturated rings. The highest BCUT2D eigenvalue weighted by atomic mass is 16.5. The van der Waals surface area contributed by atoms with E-state index in [9.17, 15) is 4.79 Å². The molecular weight excluding hydrogens is 254 g/mol. The Morgan fingerprint density at radius 1 is 1.50 bits per heavy atom. The number of carbonyl (C=O) groups excluding carboxylic acids is 1. The van der Waals surface area contributed by atoms with E-state index in [4.69, 9.17) is 4.74 Å². The molecule has 20 heavy (non-hydrogen) atoms. The maximum absolute atomic E-state index is 12.1. The minimum absolute atomic E-state index is 0.0232. The second-order valence-corrected chi connectivity index (χ2v) is 5.14. The first-order valence-corrected chi connectivity index (χ1v) is 7.05. The number of nitrogens with zero attached hydrogens (tertiary/aromatic N) is 1. The molecular formula is C15H23N3O2. The monoisotopic (exact) mass is 277 g/mol. The fraction of sp³-hybridized carbons (Fsp3) is 0.533. The molecule has 1 aromatic carbocycles. The van der Waals surface area contributed by atoms with Gasteiger partial charge in [0.25, 0.3) is 0 Å². The molecule has 0 saturated carbocycles. The molecule has 1 unspecified atom stereocenters. The number of methoxy groups -OCH3 is 1. The zero-order valence-corrected chi connectivity index (χ0v) is 12.2. The fourth-order valence-corrected chi connectivity index (χ4v) is 2.54. The smallest absolute Gasteiger partial charge is 0.238 e. The van der Waals surface area contributed by atoms with Crippen molar-refractivity contribution in [2.75, 3.05) is 39.1 Å². The third kappa shape index (κ3) is 4.21. The highest BCUT2D eigenvalue weighted by molar-refractivity contribution is 5.92. The number of likely N-dealkylation sites (N-methyl/N-ethyl adjacent to an activating group) is 1. The Morgan fingerprint density at radius 3 is 3.10 bits per heavy atom. The Balaban J connectivity index is 1.85. The first-order chi connectivity index (χ1) is 9.71. The van der Waals surface area contributed by atoms with Crippen molar-refractivity contribution < 1.29 is 9.53 Å². The molecule has 1 atom stereocenters. The van der Waals surface area contributed by atoms with Crippen molar-refractivity contribution in [2.45, 2.75) is 18.9 Å². The molecule has 1 heterocycles. The van der Waals surface area contributed by atoms with E-state index in [0.717, 1.165) is 30.9 Å². The van der Waals surface area contributed by atoms with Gasteiger partial charge in [0, 0.05) is 24.3 Å². The predicted octanol–water partition coefficient (Wildman–Crippen LogP) is 1.32. The first-order valence-electron chi connectivity index (χ1n) is 7.05. The summed E-state index contributed by atoms with van der Waals surface area (Å²) in [6, 6.07) is 7.91. The molecule has 110 valence electrons. The van der Waals surface area contributed by atoms with Crippen LogP contribution in [0.1, 0.15) is 12.8 Å². The number of hydrogen-bond acceptors (Lipinski definition) is 4. The van der Waals surface area contributed by atoms with Crippen molar-refractivity contribution in [3.8, 4) is 5.75 Å². The summed E-state index contributed by atoms with van der Waals surface area (Å²) in [6.07, 6.45) is 2.32. The second kappa shape index (κ2) is 7.26. The Hall–Kier alpha value is -1.59. The molecule has 1 saturated heterocycles. The number of piperidine rings is 1. The lowest BCUT2D eigenvalue weighted by Crippen LogP contribution is -2.46. The van der Waals surface area contributed by atoms with E-state index in [-0.39, 0.29) is 5.91 Å². The van der Waals surface area contributed by atoms with Gasteiger partial charge in [0.15, 0.2) is 0 Å². The van der Waals surface area contributed by atoms with Crippen molar-refractivity contribution in [3.63, 3.8) is 0 Å². The lowest BCUT2D eigenvalue weighted by molar-refractivity contribution is -0.117. The number of likely N-dealkylation sites (tertiary alicyclic amines) is 1. The Bertz CT molecular complexity index is 450. The summed E-state index contributed by atoms with van der Waals surface area (Å²) in [5.74, 6) is 0.769. The topological polar surface area (TPSA) is 53.6 Å². The van der Waals surface area contributed by atoms with Gasteiger partial charge in [0.1, 0.15) is 5.75 Å². The molecule has 5 heteroatoms. The van der Waals surface area contributed by atoms with Gasteiger partial charge >= 0.3 is 0 Å². The minimum atomic E-state index is 0.0232. The number of ether oxygens (including phenoxy) is 1. The summed E-state index contributed by atoms with van der Waals surface area (Å²) in [6.45, 7) is 2.36. The Morgan fingerprint density at radius 2 is 2.35 bits per heavy atom. The van der Waals surface area contributed by atoms with Crippen molar-refractivity contribution in [1.82, 2.24) is 10.2 Å². The van der Waals surface area contributed by atoms with Crippen LogP contribution >= 0.6 is 0 Å². The van der Waals surface area contributed by atoms with Crippen molar-refractivity contribution in [3.05, 3.63) is 24.3 Å². The Kier molecular flexibility index (Phi) is 5.38. The molecule has 1 aromatic rings. The third-order valence-corrected chi connectivity index (χ3v) is 3.63. The van der Waals surface area contributed by atoms with Gasteiger partial charge in [-0.05, 0) is 38.6 Å². The number of rotatable bonds is 5. The van der Waals surface area contributed by atoms with E-state index in [1.807, 2.05) is 31.3 Å². The van der Waals surface area contributed by atoms with Gasteiger partial charge in [-0.2, -0.15) is 0 Å². The van der Waals surface area contributed by atoms with Gasteiger partial charge < -0.3 is 15.4 Å². The molecule has 1 aliphatic heterocycles. The molecule has 2 N–H and O–H groups in total. The highest BCUT2D eigenvalue weighted by Crippen LogP contribution is 2.17. The van der Waals surface area contributed by atoms with Crippen LogP contribution in [0.2, 0.25) is 0 Å². The molecule has 0 aliphatic carbocycles. The maximum atomic E-state index is 12.1. The lowest BCUT2D eigenvalue weighted by atomic mass is 10.1. The Labute approximate surface area is 120 Å². The normalized spacial score (nSPS) is 19.6. The van der Waals surface area contributed by atoms with E-state index in [0.29, 0.717) is 12.6 Å². The van der Waals surface area contributed by atoms with Crippen LogP contribution in [0.5, 0.6) is 5.75 Å². The zero-order chi connectivity index (χ0) is 14.4. The standard InChI is InChI=1S/C15H23N3O2/c1-16-13-6-4-8-18(10-13)11-15(19)17-12-5-3-7-14(9-12)20-2/h3,5,7,9,13,16H,4,6,8,10-11H2,1-2H3,(H,17,19). The number of benzene rings is 1. The highest BCUT2D eigenvalue weighted by Gasteiger charge is 2.20. The van der Waals surface area contributed by atoms with E-state index in [1.165, 1.54) is 6.42 Å². The largest absolute Gasteiger partial charge is 0.497 e. The molecule has 1 amide bonds. The van der Waals surface area contributed by atoms with Crippen LogP contribution in [0.3, 0.4) is 0 Å². The van der Waals surface area contributed by atoms with E-state index in [2.05, 4.69) is 15.5 Å². The molecule has 5 nitrogen and oxygen atoms in total. The van der Waals surface area contributed by atoms with E-state index < -0.39 is 0 Å². The predicted molar refractivity (Wildman–Crippen MR) is 80.1 cm³/mol. The number of anilines is 1. The number of nitrogens with one attached hydrogen (secondary N) is 2. The van der Waals surface area contributed by atoms with Gasteiger partial charge in [0.2, 0.25) is 5.91 Å². The van der Waals surface area contributed by atoms with Crippen LogP contribution in [0.15, 0.2) is 24.3 Å². The summed E-state index contributed by atoms with van der Waals surface area (Å²) in [7, 11) is 3.59. The van der Waals surface area contributed by atoms with Crippen LogP contribution in [-0.2, 0) is 4.79 Å². The van der Waals surface area contributed by atoms with Crippen molar-refractivity contribution in [2.24, 2.45) is 0 Å². The van der Waals surface area contributed by atoms with Crippen LogP contribution < -0.4 is 15.4 Å². The molecule has 0 aromatic heterocycles. The summed E-state index contributed by atoms with van der Waals surface area (Å²) in [4.78, 5) is 14.3. The van der Waals surface area contributed by atoms with Gasteiger partial charge in [-0.3, -0.25) is 9.69 Å². The van der Waals surface area contributed by atoms with Gasteiger partial charge in [-0.25, -0.2) is 0 Å². The average Bonchev–Trinajstić information content (AvgIpc) is 2.47. The number of hydrogen-bond donors (Lipinski definition) is 2. The van der Waals surface area contributed by atoms with E-state index >= 15 is 0 Å². The number of carbonyl (C=O) groups is 1. The summed E-state index contributed by atoms with van der Waals surface area (Å²) >= 11 is 0. The SMILES string of the molecule is CNC1CCCN(CC(=O)Nc2cccc(OC)c2)C1. The minimum Gasteiger partial charge on any atom is -0.497 e. The summed E-state index contributed by atoms with van der Waals surface area (Å²) in [5, 5.41) is 6.20. The van der Waals surface area contributed by atoms with Crippen LogP contribution in [0, 0.1) is 0 Å². The van der Waals surface area contributed by atoms with Crippen LogP contribution in [0.25, 0.3) is 0 Å². The average molecular weight is 277 g/mol. The van der Waals surface area contributed by atoms with Crippen LogP contribution in [-0.4, -0.2) is 50.6 Å². The molecule has 0 spiro atoms. The number of amides is 1. The second-order valence-electron chi connectivity index (χ2n) is 5.14. The molecule has 2 rings (SSSR count). The summed E-state index contributed by atoms with van der Waals surface area (Å²) < 4.78 is 5.15. The van der Waals surface area contributed by atoms with Gasteiger partial charge in [0.05, 0.1) is 13.7 Å². The third-order valence-electron chi connectivity index (χ3n) is 3.63. The quantitative estimate of drug-likeness (QED) is 0.852. The van der Waals surface area contributed by atoms with Crippen molar-refractivity contribution >= 4 is 11.6 Å². The fourth-order valence-electron chi connectivity index (χ4n) is 2.54. The first kappa shape index (κ1) is 14.8. The van der Waals surface area contributed by atoms with E-state index in [1.54, 1.807) is 7.11 Å². The van der Waals surface area contributed by atoms with Gasteiger partial charge in [-0.15, -0.1) is 0 Å². The lowest BCUT2D eigenvalue weighted by Gasteiger charge is -2.31. The molecule has 0 radical (unpaired) electrons. The zero-order valence-electron chi connectivity index (χ0n) is 12.2. The van der Waals surface area contributed by atoms with Crippen molar-refractivity contribution in [1.29, 1.82) is 0 Å². The molecule has 1 aliphatic rings. The van der Waals surface area contributed by atoms with Gasteiger partial charge in [-0.1, -0.05) is 6.07 Å².